The van der Waals surface area contributed by atoms with Gasteiger partial charge in [-0.1, -0.05) is 17.7 Å². The van der Waals surface area contributed by atoms with Crippen molar-refractivity contribution >= 4 is 39.9 Å². The Morgan fingerprint density at radius 1 is 1.11 bits per heavy atom. The number of nitrogens with zero attached hydrogens (tertiary/aromatic N) is 3. The number of nitrogens with one attached hydrogen (secondary N) is 1. The summed E-state index contributed by atoms with van der Waals surface area (Å²) < 4.78 is 8.33. The van der Waals surface area contributed by atoms with Gasteiger partial charge in [0.1, 0.15) is 22.1 Å². The van der Waals surface area contributed by atoms with Gasteiger partial charge >= 0.3 is 5.97 Å². The fourth-order valence-corrected chi connectivity index (χ4v) is 4.59. The second-order valence-corrected chi connectivity index (χ2v) is 9.27. The number of benzene rings is 1. The van der Waals surface area contributed by atoms with Crippen LogP contribution in [0.5, 0.6) is 0 Å². The van der Waals surface area contributed by atoms with Gasteiger partial charge in [-0.15, -0.1) is 0 Å². The standard InChI is InChI=1S/C27H23ClN4O4/c1-13-9-18(16(4)30-20-6-7-21(28)31-23(20)27(34)35)26-19(10-13)24(33)15(3)25(36-26)17-5-8-22-29-14(2)11-32(22)12-17/h5-12,16,30H,1-4H3,(H,34,35)/t16-/m1/s1. The molecule has 0 spiro atoms. The lowest BCUT2D eigenvalue weighted by Crippen LogP contribution is -2.14. The van der Waals surface area contributed by atoms with Crippen LogP contribution in [0.25, 0.3) is 27.9 Å². The largest absolute Gasteiger partial charge is 0.476 e. The van der Waals surface area contributed by atoms with E-state index in [0.717, 1.165) is 22.5 Å². The highest BCUT2D eigenvalue weighted by Crippen LogP contribution is 2.33. The summed E-state index contributed by atoms with van der Waals surface area (Å²) in [6.07, 6.45) is 3.80. The van der Waals surface area contributed by atoms with Gasteiger partial charge in [-0.05, 0) is 63.6 Å². The number of aromatic nitrogens is 3. The number of aryl methyl sites for hydroxylation is 2. The van der Waals surface area contributed by atoms with Crippen molar-refractivity contribution < 1.29 is 14.3 Å². The van der Waals surface area contributed by atoms with Crippen molar-refractivity contribution in [2.75, 3.05) is 5.32 Å². The molecule has 0 amide bonds. The second-order valence-electron chi connectivity index (χ2n) is 8.88. The number of imidazole rings is 1. The van der Waals surface area contributed by atoms with E-state index in [2.05, 4.69) is 15.3 Å². The number of hydrogen-bond acceptors (Lipinski definition) is 6. The third-order valence-electron chi connectivity index (χ3n) is 6.13. The topological polar surface area (TPSA) is 110 Å². The number of anilines is 1. The van der Waals surface area contributed by atoms with Crippen LogP contribution in [0.15, 0.2) is 58.0 Å². The first kappa shape index (κ1) is 23.6. The zero-order valence-electron chi connectivity index (χ0n) is 20.1. The maximum atomic E-state index is 13.5. The summed E-state index contributed by atoms with van der Waals surface area (Å²) in [4.78, 5) is 33.5. The first-order valence-corrected chi connectivity index (χ1v) is 11.7. The molecule has 1 aromatic carbocycles. The molecule has 0 saturated heterocycles. The second kappa shape index (κ2) is 8.80. The molecule has 0 saturated carbocycles. The number of fused-ring (bicyclic) bond motifs is 2. The van der Waals surface area contributed by atoms with Gasteiger partial charge in [0.15, 0.2) is 11.1 Å². The number of carboxylic acids is 1. The van der Waals surface area contributed by atoms with Crippen molar-refractivity contribution in [1.82, 2.24) is 14.4 Å². The first-order valence-electron chi connectivity index (χ1n) is 11.3. The molecular formula is C27H23ClN4O4. The van der Waals surface area contributed by atoms with Gasteiger partial charge in [-0.2, -0.15) is 0 Å². The van der Waals surface area contributed by atoms with Crippen molar-refractivity contribution in [3.05, 3.63) is 92.2 Å². The van der Waals surface area contributed by atoms with E-state index in [1.54, 1.807) is 13.0 Å². The molecule has 5 rings (SSSR count). The Kier molecular flexibility index (Phi) is 5.76. The summed E-state index contributed by atoms with van der Waals surface area (Å²) in [5.74, 6) is -0.728. The van der Waals surface area contributed by atoms with Crippen molar-refractivity contribution in [3.8, 4) is 11.3 Å². The fraction of sp³-hybridized carbons (Fsp3) is 0.185. The minimum Gasteiger partial charge on any atom is -0.476 e. The van der Waals surface area contributed by atoms with Gasteiger partial charge in [0.05, 0.1) is 22.8 Å². The minimum atomic E-state index is -1.20. The van der Waals surface area contributed by atoms with E-state index in [0.29, 0.717) is 33.5 Å². The maximum absolute atomic E-state index is 13.5. The molecule has 0 aliphatic rings. The molecule has 4 heterocycles. The Labute approximate surface area is 211 Å². The number of carboxylic acid groups (broad SMARTS) is 1. The molecule has 5 aromatic rings. The molecule has 0 aliphatic carbocycles. The van der Waals surface area contributed by atoms with Crippen LogP contribution in [0.3, 0.4) is 0 Å². The number of hydrogen-bond donors (Lipinski definition) is 2. The molecule has 2 N–H and O–H groups in total. The molecule has 0 aliphatic heterocycles. The molecule has 0 fully saturated rings. The molecule has 1 atom stereocenters. The Morgan fingerprint density at radius 2 is 1.89 bits per heavy atom. The number of pyridine rings is 2. The van der Waals surface area contributed by atoms with Crippen molar-refractivity contribution in [1.29, 1.82) is 0 Å². The molecule has 8 nitrogen and oxygen atoms in total. The van der Waals surface area contributed by atoms with Crippen LogP contribution in [-0.4, -0.2) is 25.4 Å². The van der Waals surface area contributed by atoms with Crippen LogP contribution in [0.1, 0.15) is 45.8 Å². The average Bonchev–Trinajstić information content (AvgIpc) is 3.21. The summed E-state index contributed by atoms with van der Waals surface area (Å²) in [5.41, 5.74) is 4.98. The molecule has 4 aromatic heterocycles. The van der Waals surface area contributed by atoms with Crippen molar-refractivity contribution in [3.63, 3.8) is 0 Å². The van der Waals surface area contributed by atoms with Gasteiger partial charge < -0.3 is 19.2 Å². The summed E-state index contributed by atoms with van der Waals surface area (Å²) in [5, 5.41) is 13.3. The van der Waals surface area contributed by atoms with Crippen molar-refractivity contribution in [2.45, 2.75) is 33.7 Å². The van der Waals surface area contributed by atoms with E-state index in [1.165, 1.54) is 6.07 Å². The van der Waals surface area contributed by atoms with Gasteiger partial charge in [0.25, 0.3) is 0 Å². The molecule has 9 heteroatoms. The molecule has 0 radical (unpaired) electrons. The quantitative estimate of drug-likeness (QED) is 0.285. The van der Waals surface area contributed by atoms with E-state index in [9.17, 15) is 14.7 Å². The number of aromatic carboxylic acids is 1. The Bertz CT molecular complexity index is 1740. The molecular weight excluding hydrogens is 480 g/mol. The van der Waals surface area contributed by atoms with Crippen LogP contribution in [0.2, 0.25) is 5.15 Å². The van der Waals surface area contributed by atoms with E-state index in [-0.39, 0.29) is 16.3 Å². The zero-order chi connectivity index (χ0) is 25.7. The summed E-state index contributed by atoms with van der Waals surface area (Å²) in [7, 11) is 0. The van der Waals surface area contributed by atoms with Crippen LogP contribution >= 0.6 is 11.6 Å². The van der Waals surface area contributed by atoms with Crippen molar-refractivity contribution in [2.24, 2.45) is 0 Å². The summed E-state index contributed by atoms with van der Waals surface area (Å²) in [6, 6.07) is 10.2. The Morgan fingerprint density at radius 3 is 2.64 bits per heavy atom. The highest BCUT2D eigenvalue weighted by molar-refractivity contribution is 6.29. The Balaban J connectivity index is 1.67. The molecule has 0 bridgehead atoms. The SMILES string of the molecule is Cc1cc([C@@H](C)Nc2ccc(Cl)nc2C(=O)O)c2oc(-c3ccc4nc(C)cn4c3)c(C)c(=O)c2c1. The number of rotatable bonds is 5. The lowest BCUT2D eigenvalue weighted by Gasteiger charge is -2.19. The Hall–Kier alpha value is -4.17. The predicted octanol–water partition coefficient (Wildman–Crippen LogP) is 5.95. The highest BCUT2D eigenvalue weighted by atomic mass is 35.5. The van der Waals surface area contributed by atoms with E-state index >= 15 is 0 Å². The van der Waals surface area contributed by atoms with Gasteiger partial charge in [0.2, 0.25) is 0 Å². The molecule has 36 heavy (non-hydrogen) atoms. The molecule has 182 valence electrons. The lowest BCUT2D eigenvalue weighted by molar-refractivity contribution is 0.0691. The normalized spacial score (nSPS) is 12.2. The number of halogens is 1. The monoisotopic (exact) mass is 502 g/mol. The lowest BCUT2D eigenvalue weighted by atomic mass is 9.99. The minimum absolute atomic E-state index is 0.0859. The van der Waals surface area contributed by atoms with Crippen LogP contribution in [0, 0.1) is 20.8 Å². The number of carbonyl (C=O) groups is 1. The van der Waals surface area contributed by atoms with Gasteiger partial charge in [-0.3, -0.25) is 4.79 Å². The van der Waals surface area contributed by atoms with Gasteiger partial charge in [0, 0.05) is 29.1 Å². The smallest absolute Gasteiger partial charge is 0.356 e. The maximum Gasteiger partial charge on any atom is 0.356 e. The summed E-state index contributed by atoms with van der Waals surface area (Å²) >= 11 is 5.90. The first-order chi connectivity index (χ1) is 17.1. The van der Waals surface area contributed by atoms with Crippen LogP contribution < -0.4 is 10.7 Å². The third kappa shape index (κ3) is 4.09. The zero-order valence-corrected chi connectivity index (χ0v) is 20.8. The van der Waals surface area contributed by atoms with E-state index in [1.807, 2.05) is 61.8 Å². The average molecular weight is 503 g/mol. The van der Waals surface area contributed by atoms with E-state index in [4.69, 9.17) is 16.0 Å². The van der Waals surface area contributed by atoms with Crippen LogP contribution in [-0.2, 0) is 0 Å². The predicted molar refractivity (Wildman–Crippen MR) is 139 cm³/mol. The summed E-state index contributed by atoms with van der Waals surface area (Å²) in [6.45, 7) is 7.45. The van der Waals surface area contributed by atoms with E-state index < -0.39 is 12.0 Å². The highest BCUT2D eigenvalue weighted by Gasteiger charge is 2.21. The molecule has 0 unspecified atom stereocenters. The van der Waals surface area contributed by atoms with Gasteiger partial charge in [-0.25, -0.2) is 14.8 Å². The van der Waals surface area contributed by atoms with Crippen LogP contribution in [0.4, 0.5) is 5.69 Å². The third-order valence-corrected chi connectivity index (χ3v) is 6.34. The fourth-order valence-electron chi connectivity index (χ4n) is 4.44.